The van der Waals surface area contributed by atoms with E-state index >= 15 is 0 Å². The molecular formula is C22H28O3. The van der Waals surface area contributed by atoms with Crippen LogP contribution in [0.2, 0.25) is 0 Å². The Balaban J connectivity index is 2.37. The zero-order valence-electron chi connectivity index (χ0n) is 16.0. The molecule has 0 saturated heterocycles. The molecule has 0 aromatic heterocycles. The van der Waals surface area contributed by atoms with Crippen LogP contribution in [0.1, 0.15) is 67.7 Å². The van der Waals surface area contributed by atoms with Crippen molar-refractivity contribution in [2.75, 3.05) is 13.7 Å². The fourth-order valence-corrected chi connectivity index (χ4v) is 4.08. The van der Waals surface area contributed by atoms with Crippen molar-refractivity contribution < 1.29 is 14.3 Å². The lowest BCUT2D eigenvalue weighted by atomic mass is 9.64. The minimum atomic E-state index is -0.620. The van der Waals surface area contributed by atoms with Crippen molar-refractivity contribution >= 4 is 11.6 Å². The largest absolute Gasteiger partial charge is 0.385 e. The maximum atomic E-state index is 13.0. The highest BCUT2D eigenvalue weighted by atomic mass is 16.5. The van der Waals surface area contributed by atoms with Gasteiger partial charge in [0.2, 0.25) is 0 Å². The van der Waals surface area contributed by atoms with Crippen LogP contribution in [-0.2, 0) is 14.3 Å². The van der Waals surface area contributed by atoms with E-state index in [0.717, 1.165) is 35.1 Å². The van der Waals surface area contributed by atoms with E-state index < -0.39 is 5.92 Å². The van der Waals surface area contributed by atoms with Crippen molar-refractivity contribution in [3.8, 4) is 11.8 Å². The topological polar surface area (TPSA) is 43.4 Å². The highest BCUT2D eigenvalue weighted by Gasteiger charge is 2.45. The highest BCUT2D eigenvalue weighted by Crippen LogP contribution is 2.44. The van der Waals surface area contributed by atoms with Gasteiger partial charge >= 0.3 is 0 Å². The van der Waals surface area contributed by atoms with Crippen LogP contribution in [0.25, 0.3) is 0 Å². The number of hydrogen-bond donors (Lipinski definition) is 0. The minimum Gasteiger partial charge on any atom is -0.385 e. The fraction of sp³-hybridized carbons (Fsp3) is 0.545. The average Bonchev–Trinajstić information content (AvgIpc) is 2.55. The third-order valence-corrected chi connectivity index (χ3v) is 5.48. The number of aryl methyl sites for hydroxylation is 2. The van der Waals surface area contributed by atoms with Crippen molar-refractivity contribution in [3.63, 3.8) is 0 Å². The molecule has 134 valence electrons. The van der Waals surface area contributed by atoms with E-state index in [1.165, 1.54) is 0 Å². The lowest BCUT2D eigenvalue weighted by molar-refractivity contribution is -0.137. The zero-order chi connectivity index (χ0) is 18.6. The summed E-state index contributed by atoms with van der Waals surface area (Å²) in [7, 11) is 1.66. The molecule has 0 bridgehead atoms. The van der Waals surface area contributed by atoms with E-state index in [4.69, 9.17) is 4.74 Å². The van der Waals surface area contributed by atoms with Crippen LogP contribution >= 0.6 is 0 Å². The molecule has 0 heterocycles. The van der Waals surface area contributed by atoms with Gasteiger partial charge in [0.1, 0.15) is 17.5 Å². The predicted molar refractivity (Wildman–Crippen MR) is 99.7 cm³/mol. The lowest BCUT2D eigenvalue weighted by Gasteiger charge is -2.38. The zero-order valence-corrected chi connectivity index (χ0v) is 16.0. The van der Waals surface area contributed by atoms with Gasteiger partial charge in [0.05, 0.1) is 0 Å². The molecule has 0 aliphatic heterocycles. The predicted octanol–water partition coefficient (Wildman–Crippen LogP) is 4.12. The summed E-state index contributed by atoms with van der Waals surface area (Å²) >= 11 is 0. The molecule has 0 atom stereocenters. The van der Waals surface area contributed by atoms with Gasteiger partial charge in [-0.25, -0.2) is 0 Å². The quantitative estimate of drug-likeness (QED) is 0.598. The number of ether oxygens (including phenoxy) is 1. The van der Waals surface area contributed by atoms with Crippen LogP contribution in [0.5, 0.6) is 0 Å². The number of carbonyl (C=O) groups excluding carboxylic acids is 2. The number of benzene rings is 1. The molecule has 0 unspecified atom stereocenters. The molecular weight excluding hydrogens is 312 g/mol. The Morgan fingerprint density at radius 3 is 2.16 bits per heavy atom. The summed E-state index contributed by atoms with van der Waals surface area (Å²) in [5, 5.41) is 0. The second-order valence-electron chi connectivity index (χ2n) is 7.21. The number of Topliss-reactive ketones (excluding diaryl/α,β-unsaturated/α-hetero) is 2. The molecule has 1 saturated carbocycles. The Morgan fingerprint density at radius 1 is 1.16 bits per heavy atom. The summed E-state index contributed by atoms with van der Waals surface area (Å²) in [6.45, 7) is 8.39. The van der Waals surface area contributed by atoms with Crippen molar-refractivity contribution in [2.45, 2.75) is 59.3 Å². The molecule has 3 heteroatoms. The second-order valence-corrected chi connectivity index (χ2v) is 7.21. The normalized spacial score (nSPS) is 23.3. The first kappa shape index (κ1) is 19.4. The lowest BCUT2D eigenvalue weighted by Crippen LogP contribution is -2.40. The van der Waals surface area contributed by atoms with Crippen molar-refractivity contribution in [1.82, 2.24) is 0 Å². The molecule has 1 aliphatic rings. The van der Waals surface area contributed by atoms with Crippen molar-refractivity contribution in [1.29, 1.82) is 0 Å². The van der Waals surface area contributed by atoms with Crippen molar-refractivity contribution in [3.05, 3.63) is 34.4 Å². The first-order valence-corrected chi connectivity index (χ1v) is 8.95. The summed E-state index contributed by atoms with van der Waals surface area (Å²) in [5.41, 5.74) is 3.53. The number of methoxy groups -OCH3 is 1. The van der Waals surface area contributed by atoms with Crippen LogP contribution in [0.4, 0.5) is 0 Å². The first-order chi connectivity index (χ1) is 11.9. The van der Waals surface area contributed by atoms with Crippen LogP contribution in [0.3, 0.4) is 0 Å². The van der Waals surface area contributed by atoms with Gasteiger partial charge in [0, 0.05) is 32.1 Å². The van der Waals surface area contributed by atoms with E-state index in [2.05, 4.69) is 18.8 Å². The minimum absolute atomic E-state index is 0.0507. The molecule has 0 N–H and O–H groups in total. The summed E-state index contributed by atoms with van der Waals surface area (Å²) in [4.78, 5) is 25.9. The summed E-state index contributed by atoms with van der Waals surface area (Å²) in [6.07, 6.45) is 2.49. The number of hydrogen-bond acceptors (Lipinski definition) is 3. The molecule has 25 heavy (non-hydrogen) atoms. The molecule has 1 fully saturated rings. The van der Waals surface area contributed by atoms with Gasteiger partial charge in [-0.2, -0.15) is 0 Å². The Hall–Kier alpha value is -1.92. The van der Waals surface area contributed by atoms with E-state index in [1.54, 1.807) is 14.0 Å². The van der Waals surface area contributed by atoms with Gasteiger partial charge in [-0.3, -0.25) is 9.59 Å². The smallest absolute Gasteiger partial charge is 0.148 e. The Morgan fingerprint density at radius 2 is 1.72 bits per heavy atom. The third-order valence-electron chi connectivity index (χ3n) is 5.48. The Bertz CT molecular complexity index is 692. The van der Waals surface area contributed by atoms with E-state index in [0.29, 0.717) is 19.4 Å². The molecule has 0 spiro atoms. The van der Waals surface area contributed by atoms with Crippen molar-refractivity contribution in [2.24, 2.45) is 5.41 Å². The Kier molecular flexibility index (Phi) is 6.19. The van der Waals surface area contributed by atoms with E-state index in [1.807, 2.05) is 26.0 Å². The monoisotopic (exact) mass is 340 g/mol. The van der Waals surface area contributed by atoms with Crippen LogP contribution in [0, 0.1) is 31.1 Å². The van der Waals surface area contributed by atoms with Gasteiger partial charge < -0.3 is 4.74 Å². The second kappa shape index (κ2) is 7.97. The van der Waals surface area contributed by atoms with Crippen LogP contribution in [0.15, 0.2) is 12.1 Å². The fourth-order valence-electron chi connectivity index (χ4n) is 4.08. The van der Waals surface area contributed by atoms with Gasteiger partial charge in [0.15, 0.2) is 0 Å². The van der Waals surface area contributed by atoms with Gasteiger partial charge in [0.25, 0.3) is 0 Å². The molecule has 0 radical (unpaired) electrons. The molecule has 1 aromatic carbocycles. The maximum Gasteiger partial charge on any atom is 0.148 e. The van der Waals surface area contributed by atoms with Gasteiger partial charge in [-0.15, -0.1) is 5.92 Å². The molecule has 2 rings (SSSR count). The number of rotatable bonds is 5. The molecule has 0 amide bonds. The average molecular weight is 340 g/mol. The maximum absolute atomic E-state index is 13.0. The summed E-state index contributed by atoms with van der Waals surface area (Å²) < 4.78 is 5.19. The SMILES string of the molecule is CC#Cc1cc(C)c(C2C(=O)CC(CC)(CCOC)CC2=O)c(C)c1. The van der Waals surface area contributed by atoms with E-state index in [9.17, 15) is 9.59 Å². The molecule has 1 aromatic rings. The standard InChI is InChI=1S/C22H28O3/c1-6-8-17-11-15(3)20(16(4)12-17)21-18(23)13-22(7-2,9-10-25-5)14-19(21)24/h11-12,21H,7,9-10,13-14H2,1-5H3. The highest BCUT2D eigenvalue weighted by molar-refractivity contribution is 6.10. The summed E-state index contributed by atoms with van der Waals surface area (Å²) in [5.74, 6) is 5.43. The third kappa shape index (κ3) is 4.02. The number of ketones is 2. The first-order valence-electron chi connectivity index (χ1n) is 8.95. The summed E-state index contributed by atoms with van der Waals surface area (Å²) in [6, 6.07) is 3.96. The van der Waals surface area contributed by atoms with E-state index in [-0.39, 0.29) is 17.0 Å². The van der Waals surface area contributed by atoms with Crippen LogP contribution < -0.4 is 0 Å². The van der Waals surface area contributed by atoms with Gasteiger partial charge in [-0.05, 0) is 67.9 Å². The Labute approximate surface area is 151 Å². The molecule has 1 aliphatic carbocycles. The van der Waals surface area contributed by atoms with Crippen LogP contribution in [-0.4, -0.2) is 25.3 Å². The molecule has 3 nitrogen and oxygen atoms in total. The van der Waals surface area contributed by atoms with Gasteiger partial charge in [-0.1, -0.05) is 12.8 Å². The number of carbonyl (C=O) groups is 2.